The van der Waals surface area contributed by atoms with E-state index >= 15 is 0 Å². The highest BCUT2D eigenvalue weighted by Gasteiger charge is 2.13. The van der Waals surface area contributed by atoms with Crippen molar-refractivity contribution in [3.05, 3.63) is 34.9 Å². The van der Waals surface area contributed by atoms with Gasteiger partial charge < -0.3 is 10.4 Å². The van der Waals surface area contributed by atoms with Crippen LogP contribution in [-0.2, 0) is 10.5 Å². The number of hydrogen-bond donors (Lipinski definition) is 2. The molecule has 0 heterocycles. The molecule has 0 aromatic heterocycles. The number of likely N-dealkylation sites (N-methyl/N-ethyl adjacent to an activating group) is 1. The van der Waals surface area contributed by atoms with E-state index in [1.165, 1.54) is 5.56 Å². The quantitative estimate of drug-likeness (QED) is 0.750. The van der Waals surface area contributed by atoms with Gasteiger partial charge in [0.1, 0.15) is 6.04 Å². The Labute approximate surface area is 111 Å². The summed E-state index contributed by atoms with van der Waals surface area (Å²) >= 11 is 7.51. The fourth-order valence-electron chi connectivity index (χ4n) is 1.36. The molecule has 0 amide bonds. The first kappa shape index (κ1) is 14.4. The maximum Gasteiger partial charge on any atom is 0.320 e. The van der Waals surface area contributed by atoms with Crippen molar-refractivity contribution in [1.29, 1.82) is 0 Å². The SMILES string of the molecule is CNC(CCSCc1ccc(Cl)cc1)C(=O)O. The van der Waals surface area contributed by atoms with Gasteiger partial charge in [0.2, 0.25) is 0 Å². The maximum atomic E-state index is 10.7. The molecule has 17 heavy (non-hydrogen) atoms. The van der Waals surface area contributed by atoms with Gasteiger partial charge in [-0.1, -0.05) is 23.7 Å². The molecule has 94 valence electrons. The van der Waals surface area contributed by atoms with Gasteiger partial charge in [-0.2, -0.15) is 11.8 Å². The van der Waals surface area contributed by atoms with Crippen LogP contribution < -0.4 is 5.32 Å². The summed E-state index contributed by atoms with van der Waals surface area (Å²) in [6.07, 6.45) is 0.629. The average molecular weight is 274 g/mol. The van der Waals surface area contributed by atoms with E-state index in [9.17, 15) is 4.79 Å². The fraction of sp³-hybridized carbons (Fsp3) is 0.417. The van der Waals surface area contributed by atoms with E-state index < -0.39 is 12.0 Å². The van der Waals surface area contributed by atoms with E-state index in [1.807, 2.05) is 24.3 Å². The number of carboxylic acids is 1. The highest BCUT2D eigenvalue weighted by Crippen LogP contribution is 2.16. The Kier molecular flexibility index (Phi) is 6.40. The summed E-state index contributed by atoms with van der Waals surface area (Å²) in [5.74, 6) is 0.910. The molecule has 0 radical (unpaired) electrons. The number of nitrogens with one attached hydrogen (secondary N) is 1. The van der Waals surface area contributed by atoms with Crippen molar-refractivity contribution < 1.29 is 9.90 Å². The summed E-state index contributed by atoms with van der Waals surface area (Å²) in [6.45, 7) is 0. The predicted molar refractivity (Wildman–Crippen MR) is 72.7 cm³/mol. The molecule has 5 heteroatoms. The Hall–Kier alpha value is -0.710. The molecule has 1 unspecified atom stereocenters. The van der Waals surface area contributed by atoms with Crippen LogP contribution in [0.2, 0.25) is 5.02 Å². The van der Waals surface area contributed by atoms with Crippen molar-refractivity contribution >= 4 is 29.3 Å². The van der Waals surface area contributed by atoms with Crippen molar-refractivity contribution in [2.45, 2.75) is 18.2 Å². The number of halogens is 1. The van der Waals surface area contributed by atoms with Gasteiger partial charge in [0, 0.05) is 10.8 Å². The summed E-state index contributed by atoms with van der Waals surface area (Å²) in [4.78, 5) is 10.7. The molecule has 1 aromatic rings. The van der Waals surface area contributed by atoms with Crippen molar-refractivity contribution in [3.63, 3.8) is 0 Å². The molecule has 0 saturated carbocycles. The highest BCUT2D eigenvalue weighted by atomic mass is 35.5. The van der Waals surface area contributed by atoms with E-state index in [4.69, 9.17) is 16.7 Å². The zero-order valence-electron chi connectivity index (χ0n) is 9.65. The Morgan fingerprint density at radius 3 is 2.65 bits per heavy atom. The van der Waals surface area contributed by atoms with E-state index in [-0.39, 0.29) is 0 Å². The summed E-state index contributed by atoms with van der Waals surface area (Å²) < 4.78 is 0. The van der Waals surface area contributed by atoms with Gasteiger partial charge in [-0.25, -0.2) is 0 Å². The monoisotopic (exact) mass is 273 g/mol. The molecule has 3 nitrogen and oxygen atoms in total. The number of benzene rings is 1. The Morgan fingerprint density at radius 1 is 1.47 bits per heavy atom. The number of carboxylic acid groups (broad SMARTS) is 1. The second-order valence-electron chi connectivity index (χ2n) is 3.65. The minimum Gasteiger partial charge on any atom is -0.480 e. The third-order valence-electron chi connectivity index (χ3n) is 2.38. The van der Waals surface area contributed by atoms with Crippen LogP contribution >= 0.6 is 23.4 Å². The van der Waals surface area contributed by atoms with Crippen LogP contribution in [-0.4, -0.2) is 29.9 Å². The molecular weight excluding hydrogens is 258 g/mol. The van der Waals surface area contributed by atoms with Crippen LogP contribution in [0.1, 0.15) is 12.0 Å². The smallest absolute Gasteiger partial charge is 0.320 e. The van der Waals surface area contributed by atoms with Crippen molar-refractivity contribution in [2.24, 2.45) is 0 Å². The first-order valence-corrected chi connectivity index (χ1v) is 6.89. The van der Waals surface area contributed by atoms with Crippen molar-refractivity contribution in [3.8, 4) is 0 Å². The van der Waals surface area contributed by atoms with Gasteiger partial charge in [-0.15, -0.1) is 0 Å². The number of hydrogen-bond acceptors (Lipinski definition) is 3. The molecule has 0 bridgehead atoms. The van der Waals surface area contributed by atoms with Gasteiger partial charge in [0.05, 0.1) is 0 Å². The van der Waals surface area contributed by atoms with E-state index in [0.717, 1.165) is 16.5 Å². The minimum atomic E-state index is -0.792. The predicted octanol–water partition coefficient (Wildman–Crippen LogP) is 2.64. The Bertz CT molecular complexity index is 356. The van der Waals surface area contributed by atoms with Crippen LogP contribution in [0.3, 0.4) is 0 Å². The molecule has 0 aliphatic heterocycles. The topological polar surface area (TPSA) is 49.3 Å². The molecule has 0 aliphatic rings. The van der Waals surface area contributed by atoms with Gasteiger partial charge >= 0.3 is 5.97 Å². The molecule has 1 atom stereocenters. The van der Waals surface area contributed by atoms with Crippen LogP contribution in [0.15, 0.2) is 24.3 Å². The lowest BCUT2D eigenvalue weighted by Crippen LogP contribution is -2.34. The minimum absolute atomic E-state index is 0.451. The molecule has 1 aromatic carbocycles. The van der Waals surface area contributed by atoms with Gasteiger partial charge in [-0.05, 0) is 36.9 Å². The van der Waals surface area contributed by atoms with Crippen LogP contribution in [0.5, 0.6) is 0 Å². The molecule has 2 N–H and O–H groups in total. The largest absolute Gasteiger partial charge is 0.480 e. The summed E-state index contributed by atoms with van der Waals surface area (Å²) in [5, 5.41) is 12.3. The maximum absolute atomic E-state index is 10.7. The first-order valence-electron chi connectivity index (χ1n) is 5.35. The number of thioether (sulfide) groups is 1. The molecule has 1 rings (SSSR count). The summed E-state index contributed by atoms with van der Waals surface area (Å²) in [5.41, 5.74) is 1.20. The number of carbonyl (C=O) groups is 1. The third-order valence-corrected chi connectivity index (χ3v) is 3.69. The van der Waals surface area contributed by atoms with Crippen molar-refractivity contribution in [1.82, 2.24) is 5.32 Å². The zero-order chi connectivity index (χ0) is 12.7. The first-order chi connectivity index (χ1) is 8.13. The van der Waals surface area contributed by atoms with E-state index in [0.29, 0.717) is 6.42 Å². The number of aliphatic carboxylic acids is 1. The summed E-state index contributed by atoms with van der Waals surface area (Å²) in [7, 11) is 1.67. The van der Waals surface area contributed by atoms with Gasteiger partial charge in [0.15, 0.2) is 0 Å². The van der Waals surface area contributed by atoms with Gasteiger partial charge in [0.25, 0.3) is 0 Å². The van der Waals surface area contributed by atoms with E-state index in [1.54, 1.807) is 18.8 Å². The Morgan fingerprint density at radius 2 is 2.12 bits per heavy atom. The fourth-order valence-corrected chi connectivity index (χ4v) is 2.46. The highest BCUT2D eigenvalue weighted by molar-refractivity contribution is 7.98. The number of rotatable bonds is 7. The average Bonchev–Trinajstić information content (AvgIpc) is 2.31. The van der Waals surface area contributed by atoms with Crippen molar-refractivity contribution in [2.75, 3.05) is 12.8 Å². The molecule has 0 saturated heterocycles. The standard InChI is InChI=1S/C12H16ClNO2S/c1-14-11(12(15)16)6-7-17-8-9-2-4-10(13)5-3-9/h2-5,11,14H,6-8H2,1H3,(H,15,16). The molecule has 0 fully saturated rings. The molecular formula is C12H16ClNO2S. The summed E-state index contributed by atoms with van der Waals surface area (Å²) in [6, 6.07) is 7.26. The third kappa shape index (κ3) is 5.44. The molecule has 0 aliphatic carbocycles. The zero-order valence-corrected chi connectivity index (χ0v) is 11.2. The Balaban J connectivity index is 2.24. The van der Waals surface area contributed by atoms with Crippen LogP contribution in [0, 0.1) is 0 Å². The molecule has 0 spiro atoms. The second kappa shape index (κ2) is 7.58. The normalized spacial score (nSPS) is 12.4. The van der Waals surface area contributed by atoms with E-state index in [2.05, 4.69) is 5.32 Å². The lowest BCUT2D eigenvalue weighted by Gasteiger charge is -2.10. The van der Waals surface area contributed by atoms with Crippen LogP contribution in [0.25, 0.3) is 0 Å². The lowest BCUT2D eigenvalue weighted by atomic mass is 10.2. The second-order valence-corrected chi connectivity index (χ2v) is 5.19. The van der Waals surface area contributed by atoms with Gasteiger partial charge in [-0.3, -0.25) is 4.79 Å². The van der Waals surface area contributed by atoms with Crippen LogP contribution in [0.4, 0.5) is 0 Å². The lowest BCUT2D eigenvalue weighted by molar-refractivity contribution is -0.139.